The smallest absolute Gasteiger partial charge is 0.239 e. The quantitative estimate of drug-likeness (QED) is 0.821. The van der Waals surface area contributed by atoms with E-state index in [2.05, 4.69) is 45.6 Å². The van der Waals surface area contributed by atoms with Crippen LogP contribution in [0.2, 0.25) is 0 Å². The summed E-state index contributed by atoms with van der Waals surface area (Å²) in [6.45, 7) is 5.05. The van der Waals surface area contributed by atoms with E-state index in [-0.39, 0.29) is 12.5 Å². The molecule has 0 unspecified atom stereocenters. The van der Waals surface area contributed by atoms with Gasteiger partial charge in [-0.3, -0.25) is 4.79 Å². The van der Waals surface area contributed by atoms with E-state index in [0.717, 1.165) is 16.6 Å². The lowest BCUT2D eigenvalue weighted by Crippen LogP contribution is -2.31. The van der Waals surface area contributed by atoms with Gasteiger partial charge in [0.2, 0.25) is 5.91 Å². The van der Waals surface area contributed by atoms with Crippen LogP contribution < -0.4 is 10.6 Å². The lowest BCUT2D eigenvalue weighted by Gasteiger charge is -2.10. The molecular formula is C18H21BrN2O. The van der Waals surface area contributed by atoms with E-state index >= 15 is 0 Å². The lowest BCUT2D eigenvalue weighted by atomic mass is 10.1. The molecule has 0 fully saturated rings. The number of halogens is 1. The van der Waals surface area contributed by atoms with Crippen molar-refractivity contribution in [3.05, 3.63) is 63.6 Å². The maximum atomic E-state index is 11.9. The topological polar surface area (TPSA) is 41.1 Å². The largest absolute Gasteiger partial charge is 0.375 e. The molecule has 2 aromatic carbocycles. The second kappa shape index (κ2) is 7.99. The van der Waals surface area contributed by atoms with E-state index in [9.17, 15) is 4.79 Å². The summed E-state index contributed by atoms with van der Waals surface area (Å²) >= 11 is 3.49. The molecule has 0 aliphatic rings. The third-order valence-corrected chi connectivity index (χ3v) is 4.20. The first-order valence-corrected chi connectivity index (χ1v) is 8.17. The van der Waals surface area contributed by atoms with E-state index in [4.69, 9.17) is 0 Å². The van der Waals surface area contributed by atoms with Crippen LogP contribution >= 0.6 is 15.9 Å². The molecular weight excluding hydrogens is 340 g/mol. The predicted molar refractivity (Wildman–Crippen MR) is 95.3 cm³/mol. The Morgan fingerprint density at radius 2 is 1.91 bits per heavy atom. The van der Waals surface area contributed by atoms with Gasteiger partial charge in [0.25, 0.3) is 0 Å². The highest BCUT2D eigenvalue weighted by Gasteiger charge is 2.04. The van der Waals surface area contributed by atoms with Gasteiger partial charge < -0.3 is 10.6 Å². The monoisotopic (exact) mass is 360 g/mol. The van der Waals surface area contributed by atoms with Crippen LogP contribution in [0, 0.1) is 13.8 Å². The normalized spacial score (nSPS) is 10.3. The average molecular weight is 361 g/mol. The number of rotatable bonds is 6. The van der Waals surface area contributed by atoms with Gasteiger partial charge in [-0.25, -0.2) is 0 Å². The Bertz CT molecular complexity index is 655. The van der Waals surface area contributed by atoms with Gasteiger partial charge in [0, 0.05) is 16.7 Å². The number of benzene rings is 2. The molecule has 116 valence electrons. The minimum Gasteiger partial charge on any atom is -0.375 e. The Balaban J connectivity index is 1.75. The Morgan fingerprint density at radius 3 is 2.64 bits per heavy atom. The predicted octanol–water partition coefficient (Wildman–Crippen LogP) is 3.84. The number of nitrogens with one attached hydrogen (secondary N) is 2. The number of carbonyl (C=O) groups is 1. The third kappa shape index (κ3) is 4.88. The molecule has 0 heterocycles. The fraction of sp³-hybridized carbons (Fsp3) is 0.278. The zero-order chi connectivity index (χ0) is 15.9. The third-order valence-electron chi connectivity index (χ3n) is 3.54. The fourth-order valence-corrected chi connectivity index (χ4v) is 2.86. The number of amides is 1. The summed E-state index contributed by atoms with van der Waals surface area (Å²) in [5.41, 5.74) is 4.65. The molecule has 2 aromatic rings. The summed E-state index contributed by atoms with van der Waals surface area (Å²) < 4.78 is 0.972. The van der Waals surface area contributed by atoms with Crippen molar-refractivity contribution in [2.75, 3.05) is 18.4 Å². The fourth-order valence-electron chi connectivity index (χ4n) is 2.23. The molecule has 2 rings (SSSR count). The lowest BCUT2D eigenvalue weighted by molar-refractivity contribution is -0.119. The number of aryl methyl sites for hydroxylation is 2. The number of carbonyl (C=O) groups excluding carboxylic acids is 1. The second-order valence-electron chi connectivity index (χ2n) is 5.36. The van der Waals surface area contributed by atoms with E-state index in [0.29, 0.717) is 6.54 Å². The zero-order valence-corrected chi connectivity index (χ0v) is 14.5. The zero-order valence-electron chi connectivity index (χ0n) is 12.9. The second-order valence-corrected chi connectivity index (χ2v) is 6.22. The molecule has 2 N–H and O–H groups in total. The molecule has 3 nitrogen and oxygen atoms in total. The van der Waals surface area contributed by atoms with Crippen LogP contribution in [0.5, 0.6) is 0 Å². The highest BCUT2D eigenvalue weighted by atomic mass is 79.9. The highest BCUT2D eigenvalue weighted by Crippen LogP contribution is 2.22. The maximum Gasteiger partial charge on any atom is 0.239 e. The molecule has 0 saturated carbocycles. The van der Waals surface area contributed by atoms with Gasteiger partial charge in [0.15, 0.2) is 0 Å². The first-order valence-electron chi connectivity index (χ1n) is 7.37. The van der Waals surface area contributed by atoms with E-state index < -0.39 is 0 Å². The summed E-state index contributed by atoms with van der Waals surface area (Å²) in [4.78, 5) is 11.9. The molecule has 0 aliphatic heterocycles. The molecule has 0 atom stereocenters. The Labute approximate surface area is 140 Å². The van der Waals surface area contributed by atoms with Crippen molar-refractivity contribution in [3.63, 3.8) is 0 Å². The van der Waals surface area contributed by atoms with Gasteiger partial charge in [0.1, 0.15) is 0 Å². The van der Waals surface area contributed by atoms with Gasteiger partial charge in [-0.15, -0.1) is 0 Å². The van der Waals surface area contributed by atoms with Crippen LogP contribution in [0.1, 0.15) is 16.7 Å². The highest BCUT2D eigenvalue weighted by molar-refractivity contribution is 9.10. The Morgan fingerprint density at radius 1 is 1.14 bits per heavy atom. The maximum absolute atomic E-state index is 11.9. The van der Waals surface area contributed by atoms with Gasteiger partial charge in [-0.1, -0.05) is 30.3 Å². The first kappa shape index (κ1) is 16.6. The summed E-state index contributed by atoms with van der Waals surface area (Å²) in [6, 6.07) is 14.3. The SMILES string of the molecule is Cc1ccc(NCC(=O)NCCc2ccccc2C)c(Br)c1. The minimum atomic E-state index is 0.000981. The summed E-state index contributed by atoms with van der Waals surface area (Å²) in [6.07, 6.45) is 0.854. The standard InChI is InChI=1S/C18H21BrN2O/c1-13-7-8-17(16(19)11-13)21-12-18(22)20-10-9-15-6-4-3-5-14(15)2/h3-8,11,21H,9-10,12H2,1-2H3,(H,20,22). The molecule has 4 heteroatoms. The molecule has 0 spiro atoms. The number of hydrogen-bond donors (Lipinski definition) is 2. The van der Waals surface area contributed by atoms with Crippen LogP contribution in [0.3, 0.4) is 0 Å². The summed E-state index contributed by atoms with van der Waals surface area (Å²) in [7, 11) is 0. The minimum absolute atomic E-state index is 0.000981. The van der Waals surface area contributed by atoms with Crippen molar-refractivity contribution in [2.24, 2.45) is 0 Å². The van der Waals surface area contributed by atoms with Gasteiger partial charge in [-0.05, 0) is 65.0 Å². The van der Waals surface area contributed by atoms with Crippen molar-refractivity contribution in [1.82, 2.24) is 5.32 Å². The first-order chi connectivity index (χ1) is 10.6. The van der Waals surface area contributed by atoms with Crippen molar-refractivity contribution >= 4 is 27.5 Å². The summed E-state index contributed by atoms with van der Waals surface area (Å²) in [5.74, 6) is 0.000981. The molecule has 0 saturated heterocycles. The molecule has 0 aliphatic carbocycles. The van der Waals surface area contributed by atoms with Crippen molar-refractivity contribution in [3.8, 4) is 0 Å². The number of hydrogen-bond acceptors (Lipinski definition) is 2. The summed E-state index contributed by atoms with van der Waals surface area (Å²) in [5, 5.41) is 6.08. The van der Waals surface area contributed by atoms with E-state index in [1.807, 2.05) is 37.3 Å². The van der Waals surface area contributed by atoms with E-state index in [1.54, 1.807) is 0 Å². The number of anilines is 1. The Kier molecular flexibility index (Phi) is 6.01. The van der Waals surface area contributed by atoms with Crippen LogP contribution in [0.25, 0.3) is 0 Å². The van der Waals surface area contributed by atoms with Gasteiger partial charge >= 0.3 is 0 Å². The van der Waals surface area contributed by atoms with Gasteiger partial charge in [-0.2, -0.15) is 0 Å². The molecule has 0 bridgehead atoms. The van der Waals surface area contributed by atoms with Crippen molar-refractivity contribution in [1.29, 1.82) is 0 Å². The molecule has 22 heavy (non-hydrogen) atoms. The van der Waals surface area contributed by atoms with Crippen molar-refractivity contribution < 1.29 is 4.79 Å². The molecule has 1 amide bonds. The Hall–Kier alpha value is -1.81. The van der Waals surface area contributed by atoms with Crippen molar-refractivity contribution in [2.45, 2.75) is 20.3 Å². The van der Waals surface area contributed by atoms with Crippen LogP contribution in [0.4, 0.5) is 5.69 Å². The van der Waals surface area contributed by atoms with Crippen LogP contribution in [-0.2, 0) is 11.2 Å². The van der Waals surface area contributed by atoms with Gasteiger partial charge in [0.05, 0.1) is 6.54 Å². The van der Waals surface area contributed by atoms with Crippen LogP contribution in [-0.4, -0.2) is 19.0 Å². The molecule has 0 aromatic heterocycles. The van der Waals surface area contributed by atoms with E-state index in [1.165, 1.54) is 16.7 Å². The van der Waals surface area contributed by atoms with Crippen LogP contribution in [0.15, 0.2) is 46.9 Å². The molecule has 0 radical (unpaired) electrons. The average Bonchev–Trinajstić information content (AvgIpc) is 2.48.